The lowest BCUT2D eigenvalue weighted by molar-refractivity contribution is 0.0592. The maximum absolute atomic E-state index is 9.67. The molecule has 13 heavy (non-hydrogen) atoms. The first-order chi connectivity index (χ1) is 6.12. The average molecular weight is 184 g/mol. The maximum atomic E-state index is 9.67. The van der Waals surface area contributed by atoms with Crippen molar-refractivity contribution in [1.29, 1.82) is 0 Å². The van der Waals surface area contributed by atoms with Gasteiger partial charge in [-0.2, -0.15) is 0 Å². The molecule has 1 atom stereocenters. The topological polar surface area (TPSA) is 20.2 Å². The third-order valence-corrected chi connectivity index (χ3v) is 2.46. The minimum Gasteiger partial charge on any atom is -0.390 e. The van der Waals surface area contributed by atoms with Crippen LogP contribution in [0.15, 0.2) is 12.2 Å². The fourth-order valence-corrected chi connectivity index (χ4v) is 1.11. The summed E-state index contributed by atoms with van der Waals surface area (Å²) in [6.07, 6.45) is 10.9. The smallest absolute Gasteiger partial charge is 0.0651 e. The second kappa shape index (κ2) is 7.14. The van der Waals surface area contributed by atoms with Crippen LogP contribution in [0.1, 0.15) is 59.3 Å². The van der Waals surface area contributed by atoms with E-state index in [4.69, 9.17) is 0 Å². The van der Waals surface area contributed by atoms with Gasteiger partial charge in [0.25, 0.3) is 0 Å². The van der Waals surface area contributed by atoms with Gasteiger partial charge in [0.1, 0.15) is 0 Å². The highest BCUT2D eigenvalue weighted by Gasteiger charge is 2.14. The zero-order chi connectivity index (χ0) is 10.2. The second-order valence-corrected chi connectivity index (χ2v) is 4.02. The maximum Gasteiger partial charge on any atom is 0.0651 e. The zero-order valence-electron chi connectivity index (χ0n) is 9.34. The van der Waals surface area contributed by atoms with Crippen molar-refractivity contribution in [1.82, 2.24) is 0 Å². The Hall–Kier alpha value is -0.300. The molecule has 0 radical (unpaired) electrons. The minimum absolute atomic E-state index is 0.499. The molecule has 0 fully saturated rings. The van der Waals surface area contributed by atoms with Crippen molar-refractivity contribution in [2.75, 3.05) is 0 Å². The largest absolute Gasteiger partial charge is 0.390 e. The van der Waals surface area contributed by atoms with Crippen molar-refractivity contribution >= 4 is 0 Å². The lowest BCUT2D eigenvalue weighted by atomic mass is 9.99. The van der Waals surface area contributed by atoms with E-state index in [0.717, 1.165) is 19.3 Å². The van der Waals surface area contributed by atoms with Crippen LogP contribution in [0.3, 0.4) is 0 Å². The van der Waals surface area contributed by atoms with E-state index >= 15 is 0 Å². The highest BCUT2D eigenvalue weighted by atomic mass is 16.3. The van der Waals surface area contributed by atoms with Gasteiger partial charge in [0.2, 0.25) is 0 Å². The van der Waals surface area contributed by atoms with Gasteiger partial charge < -0.3 is 5.11 Å². The summed E-state index contributed by atoms with van der Waals surface area (Å²) < 4.78 is 0. The molecule has 0 amide bonds. The normalized spacial score (nSPS) is 16.3. The van der Waals surface area contributed by atoms with Crippen molar-refractivity contribution in [3.8, 4) is 0 Å². The number of unbranched alkanes of at least 4 members (excludes halogenated alkanes) is 3. The van der Waals surface area contributed by atoms with Crippen LogP contribution in [-0.4, -0.2) is 10.7 Å². The van der Waals surface area contributed by atoms with E-state index in [0.29, 0.717) is 0 Å². The van der Waals surface area contributed by atoms with E-state index < -0.39 is 5.60 Å². The summed E-state index contributed by atoms with van der Waals surface area (Å²) >= 11 is 0. The number of rotatable bonds is 7. The van der Waals surface area contributed by atoms with Gasteiger partial charge in [-0.05, 0) is 32.6 Å². The molecule has 0 saturated carbocycles. The van der Waals surface area contributed by atoms with Crippen LogP contribution in [0.2, 0.25) is 0 Å². The van der Waals surface area contributed by atoms with Gasteiger partial charge in [-0.3, -0.25) is 0 Å². The molecule has 1 N–H and O–H groups in total. The zero-order valence-corrected chi connectivity index (χ0v) is 9.34. The van der Waals surface area contributed by atoms with Crippen LogP contribution in [0.4, 0.5) is 0 Å². The number of hydrogen-bond donors (Lipinski definition) is 1. The van der Waals surface area contributed by atoms with Crippen LogP contribution < -0.4 is 0 Å². The van der Waals surface area contributed by atoms with Gasteiger partial charge in [0.05, 0.1) is 5.60 Å². The molecule has 0 spiro atoms. The van der Waals surface area contributed by atoms with E-state index in [1.54, 1.807) is 0 Å². The summed E-state index contributed by atoms with van der Waals surface area (Å²) in [5.41, 5.74) is -0.499. The molecule has 0 aromatic rings. The molecule has 0 aliphatic heterocycles. The van der Waals surface area contributed by atoms with Gasteiger partial charge in [0.15, 0.2) is 0 Å². The first kappa shape index (κ1) is 12.7. The first-order valence-electron chi connectivity index (χ1n) is 5.49. The molecular weight excluding hydrogens is 160 g/mol. The van der Waals surface area contributed by atoms with Gasteiger partial charge in [0, 0.05) is 0 Å². The standard InChI is InChI=1S/C12H24O/c1-4-6-7-8-9-10-11-12(3,13)5-2/h9-10,13H,4-8,11H2,1-3H3. The van der Waals surface area contributed by atoms with Crippen LogP contribution in [0.25, 0.3) is 0 Å². The fraction of sp³-hybridized carbons (Fsp3) is 0.833. The highest BCUT2D eigenvalue weighted by Crippen LogP contribution is 2.14. The molecule has 0 saturated heterocycles. The Kier molecular flexibility index (Phi) is 6.97. The number of hydrogen-bond acceptors (Lipinski definition) is 1. The number of aliphatic hydroxyl groups is 1. The Morgan fingerprint density at radius 1 is 1.15 bits per heavy atom. The lowest BCUT2D eigenvalue weighted by Gasteiger charge is -2.18. The molecule has 78 valence electrons. The molecule has 0 heterocycles. The Morgan fingerprint density at radius 2 is 1.85 bits per heavy atom. The minimum atomic E-state index is -0.499. The second-order valence-electron chi connectivity index (χ2n) is 4.02. The van der Waals surface area contributed by atoms with Gasteiger partial charge in [-0.15, -0.1) is 0 Å². The Balaban J connectivity index is 3.40. The predicted octanol–water partition coefficient (Wildman–Crippen LogP) is 3.67. The van der Waals surface area contributed by atoms with E-state index in [9.17, 15) is 5.11 Å². The molecular formula is C12H24O. The van der Waals surface area contributed by atoms with Gasteiger partial charge >= 0.3 is 0 Å². The van der Waals surface area contributed by atoms with Crippen molar-refractivity contribution in [3.05, 3.63) is 12.2 Å². The first-order valence-corrected chi connectivity index (χ1v) is 5.49. The van der Waals surface area contributed by atoms with Crippen LogP contribution in [-0.2, 0) is 0 Å². The summed E-state index contributed by atoms with van der Waals surface area (Å²) in [7, 11) is 0. The summed E-state index contributed by atoms with van der Waals surface area (Å²) in [6.45, 7) is 6.12. The molecule has 0 aliphatic rings. The molecule has 1 nitrogen and oxygen atoms in total. The average Bonchev–Trinajstić information content (AvgIpc) is 2.11. The van der Waals surface area contributed by atoms with Crippen molar-refractivity contribution in [2.24, 2.45) is 0 Å². The summed E-state index contributed by atoms with van der Waals surface area (Å²) in [5, 5.41) is 9.67. The Morgan fingerprint density at radius 3 is 2.38 bits per heavy atom. The molecule has 1 heteroatoms. The third-order valence-electron chi connectivity index (χ3n) is 2.46. The van der Waals surface area contributed by atoms with Gasteiger partial charge in [-0.25, -0.2) is 0 Å². The lowest BCUT2D eigenvalue weighted by Crippen LogP contribution is -2.20. The van der Waals surface area contributed by atoms with Gasteiger partial charge in [-0.1, -0.05) is 38.8 Å². The van der Waals surface area contributed by atoms with E-state index in [1.165, 1.54) is 19.3 Å². The summed E-state index contributed by atoms with van der Waals surface area (Å²) in [5.74, 6) is 0. The molecule has 0 rings (SSSR count). The quantitative estimate of drug-likeness (QED) is 0.473. The number of allylic oxidation sites excluding steroid dienone is 1. The molecule has 0 aromatic heterocycles. The SMILES string of the molecule is CCCCCC=CCC(C)(O)CC. The monoisotopic (exact) mass is 184 g/mol. The van der Waals surface area contributed by atoms with Crippen molar-refractivity contribution < 1.29 is 5.11 Å². The molecule has 1 unspecified atom stereocenters. The van der Waals surface area contributed by atoms with Crippen molar-refractivity contribution in [3.63, 3.8) is 0 Å². The molecule has 0 aromatic carbocycles. The van der Waals surface area contributed by atoms with Crippen molar-refractivity contribution in [2.45, 2.75) is 64.9 Å². The molecule has 0 bridgehead atoms. The van der Waals surface area contributed by atoms with Crippen LogP contribution in [0.5, 0.6) is 0 Å². The van der Waals surface area contributed by atoms with Crippen LogP contribution in [0, 0.1) is 0 Å². The van der Waals surface area contributed by atoms with Crippen LogP contribution >= 0.6 is 0 Å². The molecule has 0 aliphatic carbocycles. The summed E-state index contributed by atoms with van der Waals surface area (Å²) in [6, 6.07) is 0. The van der Waals surface area contributed by atoms with E-state index in [1.807, 2.05) is 13.8 Å². The Bertz CT molecular complexity index is 136. The van der Waals surface area contributed by atoms with E-state index in [2.05, 4.69) is 19.1 Å². The summed E-state index contributed by atoms with van der Waals surface area (Å²) in [4.78, 5) is 0. The Labute approximate surface area is 82.9 Å². The predicted molar refractivity (Wildman–Crippen MR) is 58.8 cm³/mol. The highest BCUT2D eigenvalue weighted by molar-refractivity contribution is 4.88. The fourth-order valence-electron chi connectivity index (χ4n) is 1.11. The third kappa shape index (κ3) is 8.04. The van der Waals surface area contributed by atoms with E-state index in [-0.39, 0.29) is 0 Å².